The average molecular weight is 251 g/mol. The van der Waals surface area contributed by atoms with Crippen molar-refractivity contribution in [3.05, 3.63) is 30.3 Å². The largest absolute Gasteiger partial charge is 0.481 e. The van der Waals surface area contributed by atoms with Gasteiger partial charge < -0.3 is 4.74 Å². The fraction of sp³-hybridized carbons (Fsp3) is 0.500. The van der Waals surface area contributed by atoms with Crippen LogP contribution in [0.1, 0.15) is 27.2 Å². The Morgan fingerprint density at radius 3 is 2.50 bits per heavy atom. The van der Waals surface area contributed by atoms with E-state index >= 15 is 0 Å². The number of nitrogens with one attached hydrogen (secondary N) is 1. The molecule has 1 aromatic carbocycles. The van der Waals surface area contributed by atoms with E-state index in [1.807, 2.05) is 51.1 Å². The Morgan fingerprint density at radius 1 is 1.28 bits per heavy atom. The third-order valence-electron chi connectivity index (χ3n) is 2.27. The number of hydrogen-bond acceptors (Lipinski definition) is 3. The van der Waals surface area contributed by atoms with Crippen molar-refractivity contribution in [1.29, 1.82) is 0 Å². The second-order valence-corrected chi connectivity index (χ2v) is 4.50. The van der Waals surface area contributed by atoms with Crippen LogP contribution in [0.25, 0.3) is 0 Å². The fourth-order valence-electron chi connectivity index (χ4n) is 1.33. The molecule has 0 radical (unpaired) electrons. The second-order valence-electron chi connectivity index (χ2n) is 4.50. The summed E-state index contributed by atoms with van der Waals surface area (Å²) in [6.07, 6.45) is 0.0609. The van der Waals surface area contributed by atoms with E-state index in [2.05, 4.69) is 5.48 Å². The number of hydrogen-bond donors (Lipinski definition) is 1. The molecule has 1 N–H and O–H groups in total. The Bertz CT molecular complexity index is 351. The van der Waals surface area contributed by atoms with Gasteiger partial charge in [0.25, 0.3) is 5.91 Å². The molecule has 0 aliphatic heterocycles. The van der Waals surface area contributed by atoms with E-state index in [0.717, 1.165) is 0 Å². The minimum Gasteiger partial charge on any atom is -0.481 e. The van der Waals surface area contributed by atoms with Gasteiger partial charge in [0, 0.05) is 0 Å². The molecule has 0 aliphatic carbocycles. The summed E-state index contributed by atoms with van der Waals surface area (Å²) in [4.78, 5) is 16.9. The highest BCUT2D eigenvalue weighted by Gasteiger charge is 2.18. The van der Waals surface area contributed by atoms with Gasteiger partial charge in [-0.3, -0.25) is 9.63 Å². The van der Waals surface area contributed by atoms with Crippen LogP contribution in [0.3, 0.4) is 0 Å². The van der Waals surface area contributed by atoms with Crippen LogP contribution in [0.2, 0.25) is 0 Å². The number of benzene rings is 1. The zero-order chi connectivity index (χ0) is 13.4. The van der Waals surface area contributed by atoms with Crippen LogP contribution in [0.4, 0.5) is 0 Å². The Labute approximate surface area is 108 Å². The van der Waals surface area contributed by atoms with Crippen molar-refractivity contribution in [1.82, 2.24) is 5.48 Å². The van der Waals surface area contributed by atoms with Crippen molar-refractivity contribution in [3.63, 3.8) is 0 Å². The van der Waals surface area contributed by atoms with Crippen LogP contribution in [-0.2, 0) is 9.63 Å². The molecule has 100 valence electrons. The minimum atomic E-state index is -0.528. The molecule has 0 saturated carbocycles. The molecule has 0 heterocycles. The second kappa shape index (κ2) is 7.71. The van der Waals surface area contributed by atoms with Gasteiger partial charge in [0.05, 0.1) is 6.61 Å². The van der Waals surface area contributed by atoms with E-state index in [0.29, 0.717) is 24.7 Å². The molecule has 0 spiro atoms. The third-order valence-corrected chi connectivity index (χ3v) is 2.27. The smallest absolute Gasteiger partial charge is 0.284 e. The monoisotopic (exact) mass is 251 g/mol. The Morgan fingerprint density at radius 2 is 1.94 bits per heavy atom. The Kier molecular flexibility index (Phi) is 6.22. The van der Waals surface area contributed by atoms with Crippen LogP contribution in [-0.4, -0.2) is 18.6 Å². The van der Waals surface area contributed by atoms with Crippen molar-refractivity contribution in [2.45, 2.75) is 33.3 Å². The predicted molar refractivity (Wildman–Crippen MR) is 70.1 cm³/mol. The topological polar surface area (TPSA) is 47.6 Å². The lowest BCUT2D eigenvalue weighted by Gasteiger charge is -2.17. The van der Waals surface area contributed by atoms with Gasteiger partial charge in [0.15, 0.2) is 6.10 Å². The van der Waals surface area contributed by atoms with Crippen molar-refractivity contribution >= 4 is 5.91 Å². The lowest BCUT2D eigenvalue weighted by molar-refractivity contribution is -0.141. The van der Waals surface area contributed by atoms with Crippen LogP contribution < -0.4 is 10.2 Å². The van der Waals surface area contributed by atoms with Crippen LogP contribution in [0, 0.1) is 5.92 Å². The molecule has 0 saturated heterocycles. The molecule has 1 rings (SSSR count). The van der Waals surface area contributed by atoms with E-state index in [-0.39, 0.29) is 5.91 Å². The molecule has 18 heavy (non-hydrogen) atoms. The van der Waals surface area contributed by atoms with Crippen molar-refractivity contribution in [2.24, 2.45) is 5.92 Å². The van der Waals surface area contributed by atoms with E-state index in [1.165, 1.54) is 0 Å². The number of carbonyl (C=O) groups excluding carboxylic acids is 1. The van der Waals surface area contributed by atoms with Gasteiger partial charge in [-0.1, -0.05) is 39.0 Å². The molecule has 0 bridgehead atoms. The number of carbonyl (C=O) groups is 1. The standard InChI is InChI=1S/C14H21NO3/c1-4-13(14(16)15-17-10-11(2)3)18-12-8-6-5-7-9-12/h5-9,11,13H,4,10H2,1-3H3,(H,15,16). The van der Waals surface area contributed by atoms with E-state index in [4.69, 9.17) is 9.57 Å². The van der Waals surface area contributed by atoms with Gasteiger partial charge in [-0.25, -0.2) is 5.48 Å². The SMILES string of the molecule is CCC(Oc1ccccc1)C(=O)NOCC(C)C. The van der Waals surface area contributed by atoms with E-state index < -0.39 is 6.10 Å². The van der Waals surface area contributed by atoms with Crippen molar-refractivity contribution < 1.29 is 14.4 Å². The molecule has 1 unspecified atom stereocenters. The molecule has 0 aliphatic rings. The van der Waals surface area contributed by atoms with Gasteiger partial charge in [-0.2, -0.15) is 0 Å². The highest BCUT2D eigenvalue weighted by molar-refractivity contribution is 5.80. The number of amides is 1. The summed E-state index contributed by atoms with van der Waals surface area (Å²) < 4.78 is 5.59. The number of para-hydroxylation sites is 1. The van der Waals surface area contributed by atoms with E-state index in [9.17, 15) is 4.79 Å². The maximum absolute atomic E-state index is 11.8. The zero-order valence-corrected chi connectivity index (χ0v) is 11.2. The average Bonchev–Trinajstić information content (AvgIpc) is 2.36. The summed E-state index contributed by atoms with van der Waals surface area (Å²) in [5, 5.41) is 0. The normalized spacial score (nSPS) is 12.2. The van der Waals surface area contributed by atoms with Gasteiger partial charge in [0.2, 0.25) is 0 Å². The van der Waals surface area contributed by atoms with Gasteiger partial charge in [-0.05, 0) is 24.5 Å². The molecule has 1 amide bonds. The molecule has 0 fully saturated rings. The van der Waals surface area contributed by atoms with Gasteiger partial charge in [-0.15, -0.1) is 0 Å². The van der Waals surface area contributed by atoms with Crippen molar-refractivity contribution in [2.75, 3.05) is 6.61 Å². The lowest BCUT2D eigenvalue weighted by atomic mass is 10.2. The Balaban J connectivity index is 2.43. The van der Waals surface area contributed by atoms with Crippen molar-refractivity contribution in [3.8, 4) is 5.75 Å². The molecule has 4 nitrogen and oxygen atoms in total. The first-order chi connectivity index (χ1) is 8.63. The van der Waals surface area contributed by atoms with Crippen LogP contribution in [0.5, 0.6) is 5.75 Å². The molecule has 1 aromatic rings. The third kappa shape index (κ3) is 5.19. The van der Waals surface area contributed by atoms with Crippen LogP contribution in [0.15, 0.2) is 30.3 Å². The summed E-state index contributed by atoms with van der Waals surface area (Å²) >= 11 is 0. The molecule has 4 heteroatoms. The highest BCUT2D eigenvalue weighted by Crippen LogP contribution is 2.12. The first kappa shape index (κ1) is 14.5. The number of ether oxygens (including phenoxy) is 1. The maximum atomic E-state index is 11.8. The summed E-state index contributed by atoms with van der Waals surface area (Å²) in [6, 6.07) is 9.29. The summed E-state index contributed by atoms with van der Waals surface area (Å²) in [5.41, 5.74) is 2.42. The maximum Gasteiger partial charge on any atom is 0.284 e. The fourth-order valence-corrected chi connectivity index (χ4v) is 1.33. The molecule has 1 atom stereocenters. The number of rotatable bonds is 7. The Hall–Kier alpha value is -1.55. The first-order valence-corrected chi connectivity index (χ1v) is 6.26. The molecular formula is C14H21NO3. The minimum absolute atomic E-state index is 0.248. The zero-order valence-electron chi connectivity index (χ0n) is 11.2. The highest BCUT2D eigenvalue weighted by atomic mass is 16.7. The first-order valence-electron chi connectivity index (χ1n) is 6.26. The number of hydroxylamine groups is 1. The quantitative estimate of drug-likeness (QED) is 0.758. The molecule has 0 aromatic heterocycles. The molecular weight excluding hydrogens is 230 g/mol. The van der Waals surface area contributed by atoms with Gasteiger partial charge >= 0.3 is 0 Å². The predicted octanol–water partition coefficient (Wildman–Crippen LogP) is 2.55. The summed E-state index contributed by atoms with van der Waals surface area (Å²) in [7, 11) is 0. The van der Waals surface area contributed by atoms with Gasteiger partial charge in [0.1, 0.15) is 5.75 Å². The summed E-state index contributed by atoms with van der Waals surface area (Å²) in [6.45, 7) is 6.43. The summed E-state index contributed by atoms with van der Waals surface area (Å²) in [5.74, 6) is 0.811. The van der Waals surface area contributed by atoms with E-state index in [1.54, 1.807) is 0 Å². The lowest BCUT2D eigenvalue weighted by Crippen LogP contribution is -2.38. The van der Waals surface area contributed by atoms with Crippen LogP contribution >= 0.6 is 0 Å².